The molecule has 0 aromatic heterocycles. The Kier molecular flexibility index (Phi) is 5.88. The molecule has 0 saturated carbocycles. The third kappa shape index (κ3) is 4.57. The molecule has 0 fully saturated rings. The Balaban J connectivity index is 1.96. The lowest BCUT2D eigenvalue weighted by atomic mass is 10.2. The molecule has 0 bridgehead atoms. The molecule has 0 saturated heterocycles. The zero-order valence-corrected chi connectivity index (χ0v) is 16.1. The van der Waals surface area contributed by atoms with E-state index in [9.17, 15) is 14.0 Å². The minimum Gasteiger partial charge on any atom is -0.497 e. The van der Waals surface area contributed by atoms with E-state index in [4.69, 9.17) is 13.2 Å². The van der Waals surface area contributed by atoms with Crippen LogP contribution in [0, 0.1) is 10.2 Å². The Labute approximate surface area is 158 Å². The highest BCUT2D eigenvalue weighted by molar-refractivity contribution is 8.87. The molecule has 1 aliphatic heterocycles. The molecule has 0 N–H and O–H groups in total. The van der Waals surface area contributed by atoms with Crippen molar-refractivity contribution in [1.82, 2.24) is 0 Å². The first-order valence-corrected chi connectivity index (χ1v) is 10.9. The first-order valence-electron chi connectivity index (χ1n) is 7.17. The number of hydrogen-bond donors (Lipinski definition) is 0. The summed E-state index contributed by atoms with van der Waals surface area (Å²) in [5, 5.41) is 0.556. The molecule has 0 radical (unpaired) electrons. The molecule has 10 heteroatoms. The number of ether oxygens (including phenoxy) is 2. The molecule has 2 aromatic carbocycles. The van der Waals surface area contributed by atoms with E-state index in [2.05, 4.69) is 4.99 Å². The first kappa shape index (κ1) is 19.2. The number of aliphatic imine (C=N–C) groups is 1. The molecule has 3 rings (SSSR count). The van der Waals surface area contributed by atoms with Gasteiger partial charge in [-0.1, -0.05) is 0 Å². The maximum atomic E-state index is 11.1. The number of rotatable bonds is 6. The lowest BCUT2D eigenvalue weighted by Crippen LogP contribution is -2.60. The van der Waals surface area contributed by atoms with Gasteiger partial charge in [0.2, 0.25) is 9.80 Å². The topological polar surface area (TPSA) is 109 Å². The van der Waals surface area contributed by atoms with Crippen LogP contribution in [-0.4, -0.2) is 24.3 Å². The van der Waals surface area contributed by atoms with Gasteiger partial charge in [0.25, 0.3) is 0 Å². The van der Waals surface area contributed by atoms with Crippen LogP contribution in [0.3, 0.4) is 0 Å². The molecule has 26 heavy (non-hydrogen) atoms. The highest BCUT2D eigenvalue weighted by Gasteiger charge is 2.33. The van der Waals surface area contributed by atoms with Gasteiger partial charge in [-0.3, -0.25) is 0 Å². The molecule has 0 aliphatic carbocycles. The maximum absolute atomic E-state index is 11.1. The normalized spacial score (nSPS) is 17.2. The third-order valence-electron chi connectivity index (χ3n) is 3.32. The van der Waals surface area contributed by atoms with Crippen molar-refractivity contribution in [3.63, 3.8) is 0 Å². The average molecular weight is 416 g/mol. The van der Waals surface area contributed by atoms with Crippen LogP contribution >= 0.6 is 20.6 Å². The van der Waals surface area contributed by atoms with E-state index in [1.54, 1.807) is 62.8 Å². The smallest absolute Gasteiger partial charge is 0.200 e. The summed E-state index contributed by atoms with van der Waals surface area (Å²) in [6.45, 7) is 0. The summed E-state index contributed by atoms with van der Waals surface area (Å²) >= 11 is 0. The second-order valence-electron chi connectivity index (χ2n) is 4.94. The van der Waals surface area contributed by atoms with Crippen molar-refractivity contribution < 1.29 is 37.4 Å². The van der Waals surface area contributed by atoms with Gasteiger partial charge in [0, 0.05) is 21.9 Å². The van der Waals surface area contributed by atoms with E-state index in [0.717, 1.165) is 16.4 Å². The summed E-state index contributed by atoms with van der Waals surface area (Å²) in [6.07, 6.45) is 0. The monoisotopic (exact) mass is 415 g/mol. The summed E-state index contributed by atoms with van der Waals surface area (Å²) in [6, 6.07) is 14.0. The van der Waals surface area contributed by atoms with Crippen molar-refractivity contribution in [2.75, 3.05) is 14.2 Å². The van der Waals surface area contributed by atoms with Crippen LogP contribution in [0.1, 0.15) is 11.1 Å². The fourth-order valence-corrected chi connectivity index (χ4v) is 6.42. The predicted molar refractivity (Wildman–Crippen MR) is 92.9 cm³/mol. The Morgan fingerprint density at radius 2 is 1.35 bits per heavy atom. The largest absolute Gasteiger partial charge is 0.497 e. The predicted octanol–water partition coefficient (Wildman–Crippen LogP) is 0.388. The van der Waals surface area contributed by atoms with Crippen LogP contribution in [0.2, 0.25) is 0 Å². The van der Waals surface area contributed by atoms with Crippen LogP contribution < -0.4 is 23.5 Å². The first-order chi connectivity index (χ1) is 12.4. The van der Waals surface area contributed by atoms with Crippen LogP contribution in [0.25, 0.3) is 0 Å². The zero-order valence-electron chi connectivity index (χ0n) is 13.7. The van der Waals surface area contributed by atoms with Crippen molar-refractivity contribution in [3.8, 4) is 11.5 Å². The van der Waals surface area contributed by atoms with Crippen molar-refractivity contribution in [2.24, 2.45) is 4.99 Å². The van der Waals surface area contributed by atoms with Gasteiger partial charge in [0.15, 0.2) is 0 Å². The molecular formula is C16H14ClNO6S2. The van der Waals surface area contributed by atoms with Crippen molar-refractivity contribution >= 4 is 30.6 Å². The summed E-state index contributed by atoms with van der Waals surface area (Å²) in [5.74, 6) is 1.34. The number of halogens is 1. The molecule has 0 spiro atoms. The Morgan fingerprint density at radius 3 is 1.81 bits per heavy atom. The van der Waals surface area contributed by atoms with Gasteiger partial charge >= 0.3 is 0 Å². The SMILES string of the molecule is COc1ccc(C2=NC(c3ccc(OC)cc3)=S(O[Cl+3]([O-])([O-])[O-])S2)cc1. The molecule has 1 atom stereocenters. The number of methoxy groups -OCH3 is 2. The minimum absolute atomic E-state index is 0.371. The van der Waals surface area contributed by atoms with Crippen LogP contribution in [0.5, 0.6) is 11.5 Å². The quantitative estimate of drug-likeness (QED) is 0.495. The lowest BCUT2D eigenvalue weighted by molar-refractivity contribution is -1.91. The third-order valence-corrected chi connectivity index (χ3v) is 7.54. The van der Waals surface area contributed by atoms with Crippen LogP contribution in [-0.2, 0) is 3.74 Å². The van der Waals surface area contributed by atoms with Gasteiger partial charge in [-0.25, -0.2) is 4.99 Å². The summed E-state index contributed by atoms with van der Waals surface area (Å²) in [5.41, 5.74) is 1.41. The van der Waals surface area contributed by atoms with Gasteiger partial charge in [0.05, 0.1) is 24.5 Å². The van der Waals surface area contributed by atoms with E-state index in [0.29, 0.717) is 27.1 Å². The van der Waals surface area contributed by atoms with E-state index in [1.165, 1.54) is 0 Å². The fraction of sp³-hybridized carbons (Fsp3) is 0.125. The van der Waals surface area contributed by atoms with Crippen molar-refractivity contribution in [2.45, 2.75) is 0 Å². The van der Waals surface area contributed by atoms with E-state index >= 15 is 0 Å². The fourth-order valence-electron chi connectivity index (χ4n) is 2.11. The Morgan fingerprint density at radius 1 is 0.846 bits per heavy atom. The van der Waals surface area contributed by atoms with Gasteiger partial charge in [-0.2, -0.15) is 14.0 Å². The standard InChI is InChI=1S/C16H14ClNO6S2/c1-22-13-7-3-11(4-8-13)15-18-16(26(25-15)24-17(19,20)21)12-5-9-14(23-2)10-6-12/h3-10H,1-2H3. The molecule has 0 amide bonds. The van der Waals surface area contributed by atoms with E-state index in [-0.39, 0.29) is 0 Å². The Hall–Kier alpha value is -1.59. The average Bonchev–Trinajstić information content (AvgIpc) is 3.03. The zero-order chi connectivity index (χ0) is 18.7. The Bertz CT molecular complexity index is 847. The second kappa shape index (κ2) is 7.97. The van der Waals surface area contributed by atoms with Crippen molar-refractivity contribution in [1.29, 1.82) is 0 Å². The second-order valence-corrected chi connectivity index (χ2v) is 9.02. The van der Waals surface area contributed by atoms with Crippen LogP contribution in [0.4, 0.5) is 0 Å². The van der Waals surface area contributed by atoms with Crippen LogP contribution in [0.15, 0.2) is 53.5 Å². The summed E-state index contributed by atoms with van der Waals surface area (Å²) in [4.78, 5) is 4.87. The van der Waals surface area contributed by atoms with E-state index < -0.39 is 20.0 Å². The highest BCUT2D eigenvalue weighted by atomic mass is 35.7. The molecule has 1 aliphatic rings. The number of benzene rings is 2. The molecule has 1 heterocycles. The van der Waals surface area contributed by atoms with Gasteiger partial charge in [-0.05, 0) is 48.5 Å². The molecule has 138 valence electrons. The number of nitrogens with zero attached hydrogens (tertiary/aromatic N) is 1. The van der Waals surface area contributed by atoms with E-state index in [1.807, 2.05) is 0 Å². The molecule has 2 aromatic rings. The lowest BCUT2D eigenvalue weighted by Gasteiger charge is -2.12. The maximum Gasteiger partial charge on any atom is 0.200 e. The van der Waals surface area contributed by atoms with Gasteiger partial charge in [0.1, 0.15) is 25.3 Å². The van der Waals surface area contributed by atoms with Gasteiger partial charge in [-0.15, -0.1) is 0 Å². The molecule has 1 unspecified atom stereocenters. The highest BCUT2D eigenvalue weighted by Crippen LogP contribution is 2.45. The molecule has 7 nitrogen and oxygen atoms in total. The minimum atomic E-state index is -4.58. The summed E-state index contributed by atoms with van der Waals surface area (Å²) in [7, 11) is -1.78. The summed E-state index contributed by atoms with van der Waals surface area (Å²) < 4.78 is 48.2. The van der Waals surface area contributed by atoms with Gasteiger partial charge < -0.3 is 9.47 Å². The number of hydrogen-bond acceptors (Lipinski definition) is 8. The van der Waals surface area contributed by atoms with Crippen molar-refractivity contribution in [3.05, 3.63) is 59.7 Å². The molecular weight excluding hydrogens is 402 g/mol.